The molecule has 108 valence electrons. The molecule has 2 heterocycles. The number of hydrogen-bond donors (Lipinski definition) is 0. The highest BCUT2D eigenvalue weighted by molar-refractivity contribution is 5.47. The van der Waals surface area contributed by atoms with Gasteiger partial charge in [-0.15, -0.1) is 0 Å². The van der Waals surface area contributed by atoms with Crippen LogP contribution >= 0.6 is 0 Å². The van der Waals surface area contributed by atoms with Crippen molar-refractivity contribution in [3.8, 4) is 0 Å². The van der Waals surface area contributed by atoms with Gasteiger partial charge in [-0.25, -0.2) is 4.98 Å². The molecular formula is C18H26N2. The SMILES string of the molecule is CCC1=C(CC2CCCCC2)CN(c2ccccn2)C1. The third-order valence-corrected chi connectivity index (χ3v) is 4.92. The predicted octanol–water partition coefficient (Wildman–Crippen LogP) is 4.58. The molecule has 1 saturated carbocycles. The van der Waals surface area contributed by atoms with Crippen molar-refractivity contribution in [1.82, 2.24) is 4.98 Å². The summed E-state index contributed by atoms with van der Waals surface area (Å²) in [6.07, 6.45) is 11.7. The van der Waals surface area contributed by atoms with Gasteiger partial charge in [-0.05, 0) is 36.5 Å². The first-order chi connectivity index (χ1) is 9.86. The highest BCUT2D eigenvalue weighted by atomic mass is 15.2. The molecule has 0 unspecified atom stereocenters. The Morgan fingerprint density at radius 2 is 1.90 bits per heavy atom. The molecule has 0 atom stereocenters. The van der Waals surface area contributed by atoms with Crippen molar-refractivity contribution in [2.75, 3.05) is 18.0 Å². The van der Waals surface area contributed by atoms with Crippen LogP contribution in [0.15, 0.2) is 35.5 Å². The van der Waals surface area contributed by atoms with Gasteiger partial charge < -0.3 is 4.90 Å². The van der Waals surface area contributed by atoms with E-state index < -0.39 is 0 Å². The zero-order chi connectivity index (χ0) is 13.8. The molecule has 1 aliphatic carbocycles. The highest BCUT2D eigenvalue weighted by Crippen LogP contribution is 2.34. The number of aromatic nitrogens is 1. The average Bonchev–Trinajstić information content (AvgIpc) is 2.92. The molecule has 0 aromatic carbocycles. The van der Waals surface area contributed by atoms with E-state index >= 15 is 0 Å². The van der Waals surface area contributed by atoms with Crippen molar-refractivity contribution in [3.63, 3.8) is 0 Å². The van der Waals surface area contributed by atoms with Gasteiger partial charge >= 0.3 is 0 Å². The second-order valence-corrected chi connectivity index (χ2v) is 6.31. The van der Waals surface area contributed by atoms with Crippen molar-refractivity contribution in [2.45, 2.75) is 51.9 Å². The Bertz CT molecular complexity index is 458. The van der Waals surface area contributed by atoms with E-state index in [0.717, 1.165) is 24.8 Å². The first kappa shape index (κ1) is 13.7. The molecule has 3 rings (SSSR count). The van der Waals surface area contributed by atoms with Gasteiger partial charge in [-0.3, -0.25) is 0 Å². The minimum atomic E-state index is 0.948. The van der Waals surface area contributed by atoms with Crippen LogP contribution in [0.2, 0.25) is 0 Å². The second-order valence-electron chi connectivity index (χ2n) is 6.31. The van der Waals surface area contributed by atoms with Gasteiger partial charge in [-0.2, -0.15) is 0 Å². The quantitative estimate of drug-likeness (QED) is 0.745. The van der Waals surface area contributed by atoms with E-state index in [9.17, 15) is 0 Å². The lowest BCUT2D eigenvalue weighted by molar-refractivity contribution is 0.355. The zero-order valence-corrected chi connectivity index (χ0v) is 12.6. The van der Waals surface area contributed by atoms with Gasteiger partial charge in [0.15, 0.2) is 0 Å². The van der Waals surface area contributed by atoms with Crippen LogP contribution in [-0.2, 0) is 0 Å². The minimum absolute atomic E-state index is 0.948. The molecule has 1 aromatic heterocycles. The summed E-state index contributed by atoms with van der Waals surface area (Å²) in [5, 5.41) is 0. The third kappa shape index (κ3) is 3.05. The molecule has 2 heteroatoms. The molecule has 0 radical (unpaired) electrons. The van der Waals surface area contributed by atoms with Gasteiger partial charge in [0, 0.05) is 19.3 Å². The van der Waals surface area contributed by atoms with Crippen LogP contribution in [0, 0.1) is 5.92 Å². The third-order valence-electron chi connectivity index (χ3n) is 4.92. The Kier molecular flexibility index (Phi) is 4.39. The number of pyridine rings is 1. The van der Waals surface area contributed by atoms with Crippen LogP contribution < -0.4 is 4.90 Å². The molecule has 1 aromatic rings. The summed E-state index contributed by atoms with van der Waals surface area (Å²) in [6, 6.07) is 6.22. The molecule has 2 aliphatic rings. The van der Waals surface area contributed by atoms with Crippen molar-refractivity contribution in [1.29, 1.82) is 0 Å². The van der Waals surface area contributed by atoms with Crippen LogP contribution in [0.5, 0.6) is 0 Å². The monoisotopic (exact) mass is 270 g/mol. The van der Waals surface area contributed by atoms with E-state index in [0.29, 0.717) is 0 Å². The lowest BCUT2D eigenvalue weighted by Gasteiger charge is -2.23. The summed E-state index contributed by atoms with van der Waals surface area (Å²) < 4.78 is 0. The van der Waals surface area contributed by atoms with Gasteiger partial charge in [0.25, 0.3) is 0 Å². The Labute approximate surface area is 122 Å². The van der Waals surface area contributed by atoms with Gasteiger partial charge in [0.1, 0.15) is 5.82 Å². The fraction of sp³-hybridized carbons (Fsp3) is 0.611. The summed E-state index contributed by atoms with van der Waals surface area (Å²) in [7, 11) is 0. The first-order valence-electron chi connectivity index (χ1n) is 8.22. The number of rotatable bonds is 4. The van der Waals surface area contributed by atoms with E-state index in [2.05, 4.69) is 28.9 Å². The van der Waals surface area contributed by atoms with Crippen LogP contribution in [0.25, 0.3) is 0 Å². The van der Waals surface area contributed by atoms with Crippen LogP contribution in [-0.4, -0.2) is 18.1 Å². The summed E-state index contributed by atoms with van der Waals surface area (Å²) in [5.41, 5.74) is 3.38. The molecule has 0 bridgehead atoms. The molecule has 0 spiro atoms. The lowest BCUT2D eigenvalue weighted by Crippen LogP contribution is -2.22. The Morgan fingerprint density at radius 3 is 2.60 bits per heavy atom. The molecule has 0 saturated heterocycles. The number of anilines is 1. The van der Waals surface area contributed by atoms with Gasteiger partial charge in [-0.1, -0.05) is 50.7 Å². The lowest BCUT2D eigenvalue weighted by atomic mass is 9.84. The highest BCUT2D eigenvalue weighted by Gasteiger charge is 2.24. The number of nitrogens with zero attached hydrogens (tertiary/aromatic N) is 2. The van der Waals surface area contributed by atoms with Crippen molar-refractivity contribution in [3.05, 3.63) is 35.5 Å². The molecule has 20 heavy (non-hydrogen) atoms. The summed E-state index contributed by atoms with van der Waals surface area (Å²) in [4.78, 5) is 6.95. The minimum Gasteiger partial charge on any atom is -0.349 e. The Hall–Kier alpha value is -1.31. The smallest absolute Gasteiger partial charge is 0.129 e. The second kappa shape index (κ2) is 6.43. The fourth-order valence-corrected chi connectivity index (χ4v) is 3.75. The van der Waals surface area contributed by atoms with E-state index in [-0.39, 0.29) is 0 Å². The van der Waals surface area contributed by atoms with E-state index in [1.165, 1.54) is 44.9 Å². The summed E-state index contributed by atoms with van der Waals surface area (Å²) in [5.74, 6) is 2.08. The molecular weight excluding hydrogens is 244 g/mol. The standard InChI is InChI=1S/C18H26N2/c1-2-16-13-20(18-10-6-7-11-19-18)14-17(16)12-15-8-4-3-5-9-15/h6-7,10-11,15H,2-5,8-9,12-14H2,1H3. The molecule has 2 nitrogen and oxygen atoms in total. The molecule has 0 N–H and O–H groups in total. The average molecular weight is 270 g/mol. The van der Waals surface area contributed by atoms with Crippen molar-refractivity contribution >= 4 is 5.82 Å². The van der Waals surface area contributed by atoms with Gasteiger partial charge in [0.2, 0.25) is 0 Å². The van der Waals surface area contributed by atoms with Gasteiger partial charge in [0.05, 0.1) is 0 Å². The summed E-state index contributed by atoms with van der Waals surface area (Å²) >= 11 is 0. The van der Waals surface area contributed by atoms with E-state index in [1.54, 1.807) is 11.1 Å². The maximum absolute atomic E-state index is 4.51. The van der Waals surface area contributed by atoms with Crippen molar-refractivity contribution < 1.29 is 0 Å². The van der Waals surface area contributed by atoms with Crippen LogP contribution in [0.1, 0.15) is 51.9 Å². The Balaban J connectivity index is 1.66. The topological polar surface area (TPSA) is 16.1 Å². The predicted molar refractivity (Wildman–Crippen MR) is 85.0 cm³/mol. The summed E-state index contributed by atoms with van der Waals surface area (Å²) in [6.45, 7) is 4.50. The molecule has 1 aliphatic heterocycles. The largest absolute Gasteiger partial charge is 0.349 e. The maximum Gasteiger partial charge on any atom is 0.129 e. The van der Waals surface area contributed by atoms with Crippen LogP contribution in [0.3, 0.4) is 0 Å². The van der Waals surface area contributed by atoms with Crippen molar-refractivity contribution in [2.24, 2.45) is 5.92 Å². The van der Waals surface area contributed by atoms with E-state index in [4.69, 9.17) is 0 Å². The number of hydrogen-bond acceptors (Lipinski definition) is 2. The van der Waals surface area contributed by atoms with Crippen LogP contribution in [0.4, 0.5) is 5.82 Å². The normalized spacial score (nSPS) is 20.8. The first-order valence-corrected chi connectivity index (χ1v) is 8.22. The Morgan fingerprint density at radius 1 is 1.10 bits per heavy atom. The molecule has 0 amide bonds. The van der Waals surface area contributed by atoms with E-state index in [1.807, 2.05) is 12.3 Å². The fourth-order valence-electron chi connectivity index (χ4n) is 3.75. The molecule has 1 fully saturated rings. The maximum atomic E-state index is 4.51. The zero-order valence-electron chi connectivity index (χ0n) is 12.6.